The van der Waals surface area contributed by atoms with E-state index in [0.29, 0.717) is 0 Å². The van der Waals surface area contributed by atoms with Crippen LogP contribution in [0.15, 0.2) is 28.4 Å². The Morgan fingerprint density at radius 1 is 1.00 bits per heavy atom. The van der Waals surface area contributed by atoms with E-state index in [1.165, 1.54) is 21.6 Å². The first-order chi connectivity index (χ1) is 12.2. The fraction of sp³-hybridized carbons (Fsp3) is 0.478. The normalized spacial score (nSPS) is 19.6. The third-order valence-corrected chi connectivity index (χ3v) is 6.03. The second-order valence-corrected chi connectivity index (χ2v) is 8.54. The van der Waals surface area contributed by atoms with Gasteiger partial charge in [-0.25, -0.2) is 0 Å². The fourth-order valence-electron chi connectivity index (χ4n) is 3.90. The van der Waals surface area contributed by atoms with Crippen molar-refractivity contribution < 1.29 is 0 Å². The monoisotopic (exact) mass is 349 g/mol. The van der Waals surface area contributed by atoms with Crippen LogP contribution < -0.4 is 15.8 Å². The van der Waals surface area contributed by atoms with Crippen LogP contribution in [0.2, 0.25) is 0 Å². The van der Waals surface area contributed by atoms with Crippen LogP contribution in [0, 0.1) is 0 Å². The minimum Gasteiger partial charge on any atom is -0.377 e. The largest absolute Gasteiger partial charge is 0.377 e. The van der Waals surface area contributed by atoms with E-state index in [1.807, 2.05) is 0 Å². The zero-order valence-corrected chi connectivity index (χ0v) is 17.4. The molecule has 26 heavy (non-hydrogen) atoms. The number of anilines is 1. The smallest absolute Gasteiger partial charge is 0.116 e. The van der Waals surface area contributed by atoms with Crippen molar-refractivity contribution in [2.75, 3.05) is 5.32 Å². The van der Waals surface area contributed by atoms with Crippen LogP contribution in [-0.4, -0.2) is 11.6 Å². The van der Waals surface area contributed by atoms with Gasteiger partial charge in [0, 0.05) is 21.6 Å². The quantitative estimate of drug-likeness (QED) is 0.723. The number of nitrogens with zero attached hydrogens (tertiary/aromatic N) is 2. The van der Waals surface area contributed by atoms with E-state index in [9.17, 15) is 0 Å². The van der Waals surface area contributed by atoms with Crippen LogP contribution in [0.5, 0.6) is 0 Å². The molecule has 2 aromatic rings. The van der Waals surface area contributed by atoms with Crippen LogP contribution >= 0.6 is 0 Å². The molecule has 0 amide bonds. The molecule has 1 N–H and O–H groups in total. The zero-order chi connectivity index (χ0) is 19.3. The van der Waals surface area contributed by atoms with Gasteiger partial charge in [-0.15, -0.1) is 0 Å². The molecule has 0 aromatic heterocycles. The molecule has 1 heterocycles. The van der Waals surface area contributed by atoms with Gasteiger partial charge in [0.05, 0.1) is 11.7 Å². The molecule has 0 saturated heterocycles. The van der Waals surface area contributed by atoms with Crippen molar-refractivity contribution in [2.45, 2.75) is 72.4 Å². The molecule has 2 aromatic carbocycles. The molecule has 138 valence electrons. The molecule has 0 saturated carbocycles. The van der Waals surface area contributed by atoms with Gasteiger partial charge in [-0.2, -0.15) is 10.2 Å². The Bertz CT molecular complexity index is 1010. The van der Waals surface area contributed by atoms with Crippen LogP contribution in [0.25, 0.3) is 22.9 Å². The zero-order valence-electron chi connectivity index (χ0n) is 17.4. The molecule has 0 bridgehead atoms. The molecular formula is C23H31N3. The maximum Gasteiger partial charge on any atom is 0.116 e. The Morgan fingerprint density at radius 3 is 2.23 bits per heavy atom. The molecule has 0 unspecified atom stereocenters. The van der Waals surface area contributed by atoms with Crippen molar-refractivity contribution in [3.63, 3.8) is 0 Å². The van der Waals surface area contributed by atoms with Gasteiger partial charge in [0.25, 0.3) is 0 Å². The SMILES string of the molecule is CC=c1/c(=C\C)c(N=NC(C)C)c2c3c(cccc13)C(C)(C)C(C)(C)N2. The molecule has 0 fully saturated rings. The lowest BCUT2D eigenvalue weighted by molar-refractivity contribution is 0.332. The number of nitrogens with one attached hydrogen (secondary N) is 1. The summed E-state index contributed by atoms with van der Waals surface area (Å²) >= 11 is 0. The average molecular weight is 350 g/mol. The summed E-state index contributed by atoms with van der Waals surface area (Å²) in [6, 6.07) is 6.85. The molecule has 0 aliphatic carbocycles. The molecule has 1 aliphatic heterocycles. The van der Waals surface area contributed by atoms with Gasteiger partial charge in [0.2, 0.25) is 0 Å². The van der Waals surface area contributed by atoms with Gasteiger partial charge in [-0.1, -0.05) is 44.2 Å². The molecule has 3 nitrogen and oxygen atoms in total. The van der Waals surface area contributed by atoms with Crippen LogP contribution in [0.4, 0.5) is 11.4 Å². The summed E-state index contributed by atoms with van der Waals surface area (Å²) < 4.78 is 0. The van der Waals surface area contributed by atoms with Crippen molar-refractivity contribution in [1.29, 1.82) is 0 Å². The predicted molar refractivity (Wildman–Crippen MR) is 114 cm³/mol. The molecule has 1 aliphatic rings. The minimum absolute atomic E-state index is 0.00553. The Labute approximate surface area is 156 Å². The Hall–Kier alpha value is -2.16. The van der Waals surface area contributed by atoms with Gasteiger partial charge in [-0.05, 0) is 57.7 Å². The van der Waals surface area contributed by atoms with Gasteiger partial charge in [-0.3, -0.25) is 0 Å². The molecule has 3 rings (SSSR count). The number of azo groups is 1. The van der Waals surface area contributed by atoms with Crippen molar-refractivity contribution >= 4 is 34.3 Å². The Kier molecular flexibility index (Phi) is 4.46. The highest BCUT2D eigenvalue weighted by Gasteiger charge is 2.44. The maximum absolute atomic E-state index is 4.71. The van der Waals surface area contributed by atoms with Gasteiger partial charge in [0.1, 0.15) is 5.69 Å². The van der Waals surface area contributed by atoms with E-state index in [2.05, 4.69) is 96.2 Å². The van der Waals surface area contributed by atoms with Crippen molar-refractivity contribution in [3.05, 3.63) is 34.2 Å². The summed E-state index contributed by atoms with van der Waals surface area (Å²) in [4.78, 5) is 0. The third-order valence-electron chi connectivity index (χ3n) is 6.03. The molecule has 3 heteroatoms. The summed E-state index contributed by atoms with van der Waals surface area (Å²) in [6.45, 7) is 17.5. The van der Waals surface area contributed by atoms with E-state index >= 15 is 0 Å². The van der Waals surface area contributed by atoms with Crippen LogP contribution in [-0.2, 0) is 5.41 Å². The molecule has 0 atom stereocenters. The summed E-state index contributed by atoms with van der Waals surface area (Å²) in [5.41, 5.74) is 3.34. The Balaban J connectivity index is 2.60. The van der Waals surface area contributed by atoms with Crippen molar-refractivity contribution in [1.82, 2.24) is 0 Å². The summed E-state index contributed by atoms with van der Waals surface area (Å²) in [6.07, 6.45) is 4.35. The Morgan fingerprint density at radius 2 is 1.65 bits per heavy atom. The molecule has 0 spiro atoms. The first kappa shape index (κ1) is 18.6. The minimum atomic E-state index is -0.0984. The average Bonchev–Trinajstić information content (AvgIpc) is 2.57. The van der Waals surface area contributed by atoms with Crippen molar-refractivity contribution in [3.8, 4) is 0 Å². The fourth-order valence-corrected chi connectivity index (χ4v) is 3.90. The topological polar surface area (TPSA) is 36.8 Å². The van der Waals surface area contributed by atoms with E-state index in [-0.39, 0.29) is 17.0 Å². The van der Waals surface area contributed by atoms with E-state index in [4.69, 9.17) is 5.11 Å². The summed E-state index contributed by atoms with van der Waals surface area (Å²) in [5.74, 6) is 0. The standard InChI is InChI=1S/C23H31N3/c1-9-15-16(10-2)20(26-25-14(3)4)21-19-17(15)12-11-13-18(19)22(5,6)23(7,8)24-21/h9-14,24H,1-8H3/b15-9?,16-10+,26-25?. The second-order valence-electron chi connectivity index (χ2n) is 8.54. The highest BCUT2D eigenvalue weighted by atomic mass is 15.1. The third kappa shape index (κ3) is 2.56. The maximum atomic E-state index is 4.71. The lowest BCUT2D eigenvalue weighted by Crippen LogP contribution is -2.52. The lowest BCUT2D eigenvalue weighted by atomic mass is 9.66. The number of rotatable bonds is 2. The van der Waals surface area contributed by atoms with Crippen LogP contribution in [0.1, 0.15) is 61.0 Å². The predicted octanol–water partition coefficient (Wildman–Crippen LogP) is 5.41. The van der Waals surface area contributed by atoms with E-state index in [1.54, 1.807) is 0 Å². The molecule has 0 radical (unpaired) electrons. The number of hydrogen-bond donors (Lipinski definition) is 1. The van der Waals surface area contributed by atoms with Gasteiger partial charge < -0.3 is 5.32 Å². The van der Waals surface area contributed by atoms with Gasteiger partial charge >= 0.3 is 0 Å². The number of benzene rings is 2. The van der Waals surface area contributed by atoms with Crippen molar-refractivity contribution in [2.24, 2.45) is 10.2 Å². The van der Waals surface area contributed by atoms with E-state index in [0.717, 1.165) is 16.6 Å². The first-order valence-electron chi connectivity index (χ1n) is 9.56. The highest BCUT2D eigenvalue weighted by molar-refractivity contribution is 6.04. The summed E-state index contributed by atoms with van der Waals surface area (Å²) in [7, 11) is 0. The van der Waals surface area contributed by atoms with E-state index < -0.39 is 0 Å². The number of hydrogen-bond acceptors (Lipinski definition) is 3. The summed E-state index contributed by atoms with van der Waals surface area (Å²) in [5, 5.41) is 18.0. The highest BCUT2D eigenvalue weighted by Crippen LogP contribution is 2.48. The molecular weight excluding hydrogens is 318 g/mol. The first-order valence-corrected chi connectivity index (χ1v) is 9.56. The lowest BCUT2D eigenvalue weighted by Gasteiger charge is -2.48. The van der Waals surface area contributed by atoms with Crippen LogP contribution in [0.3, 0.4) is 0 Å². The van der Waals surface area contributed by atoms with Gasteiger partial charge in [0.15, 0.2) is 0 Å². The second kappa shape index (κ2) is 6.22.